The van der Waals surface area contributed by atoms with Gasteiger partial charge in [0.05, 0.1) is 27.3 Å². The largest absolute Gasteiger partial charge is 0.511 e. The summed E-state index contributed by atoms with van der Waals surface area (Å²) in [5.41, 5.74) is 0.617. The van der Waals surface area contributed by atoms with E-state index in [1.54, 1.807) is 38.1 Å². The summed E-state index contributed by atoms with van der Waals surface area (Å²) in [6.07, 6.45) is -5.73. The zero-order valence-corrected chi connectivity index (χ0v) is 24.3. The van der Waals surface area contributed by atoms with Crippen molar-refractivity contribution in [1.82, 2.24) is 24.5 Å². The maximum atomic E-state index is 13.5. The van der Waals surface area contributed by atoms with Crippen LogP contribution in [-0.4, -0.2) is 65.7 Å². The van der Waals surface area contributed by atoms with E-state index in [-0.39, 0.29) is 22.4 Å². The highest BCUT2D eigenvalue weighted by molar-refractivity contribution is 7.90. The standard InChI is InChI=1S/C26H27F3N6O8S/c1-16(2)42-25(37)40-15-41-35-34(43-35)32-13-12-21(32)24(36)31-44(38,39)20-10-8-19(9-11-20)33-22(14-23(30-33)26(27,28)29)18-6-4-17(3)5-7-18/h4-11,14,16,21H,12-13,15H2,1-3H3,(H,31,36). The summed E-state index contributed by atoms with van der Waals surface area (Å²) in [7, 11) is -4.35. The molecule has 0 spiro atoms. The van der Waals surface area contributed by atoms with Crippen LogP contribution in [0.15, 0.2) is 64.1 Å². The maximum Gasteiger partial charge on any atom is 0.511 e. The Bertz CT molecular complexity index is 1740. The van der Waals surface area contributed by atoms with E-state index in [1.165, 1.54) is 17.1 Å². The molecular formula is C26H27F3N6O8S. The van der Waals surface area contributed by atoms with Gasteiger partial charge in [-0.3, -0.25) is 4.79 Å². The van der Waals surface area contributed by atoms with Crippen LogP contribution < -0.4 is 14.6 Å². The van der Waals surface area contributed by atoms with Gasteiger partial charge in [0.2, 0.25) is 0 Å². The Kier molecular flexibility index (Phi) is 8.11. The number of rotatable bonds is 10. The second kappa shape index (κ2) is 11.7. The molecule has 1 aliphatic heterocycles. The molecule has 3 heterocycles. The Morgan fingerprint density at radius 1 is 1.11 bits per heavy atom. The molecule has 0 aliphatic carbocycles. The van der Waals surface area contributed by atoms with Gasteiger partial charge in [-0.1, -0.05) is 29.8 Å². The molecule has 5 rings (SSSR count). The van der Waals surface area contributed by atoms with E-state index in [0.29, 0.717) is 18.5 Å². The highest BCUT2D eigenvalue weighted by Crippen LogP contribution is 2.33. The number of benzene rings is 2. The van der Waals surface area contributed by atoms with E-state index < -0.39 is 46.8 Å². The van der Waals surface area contributed by atoms with Crippen LogP contribution in [0.2, 0.25) is 0 Å². The molecule has 0 bridgehead atoms. The summed E-state index contributed by atoms with van der Waals surface area (Å²) < 4.78 is 84.0. The number of nitrogens with one attached hydrogen (secondary N) is 1. The molecule has 1 saturated heterocycles. The first-order chi connectivity index (χ1) is 20.7. The highest BCUT2D eigenvalue weighted by atomic mass is 32.2. The van der Waals surface area contributed by atoms with E-state index in [4.69, 9.17) is 18.9 Å². The molecule has 236 valence electrons. The number of hydrogen-bond acceptors (Lipinski definition) is 10. The van der Waals surface area contributed by atoms with Crippen LogP contribution in [0.1, 0.15) is 31.5 Å². The molecule has 4 aromatic rings. The molecule has 1 aliphatic rings. The predicted molar refractivity (Wildman–Crippen MR) is 144 cm³/mol. The van der Waals surface area contributed by atoms with Gasteiger partial charge in [-0.25, -0.2) is 27.6 Å². The van der Waals surface area contributed by atoms with Gasteiger partial charge in [-0.2, -0.15) is 22.9 Å². The van der Waals surface area contributed by atoms with E-state index >= 15 is 0 Å². The average molecular weight is 641 g/mol. The SMILES string of the molecule is Cc1ccc(-c2cc(C(F)(F)F)nn2-c2ccc(S(=O)(=O)NC(=O)C3CCN3n3on3OCOC(=O)OC(C)C)cc2)cc1. The van der Waals surface area contributed by atoms with Crippen LogP contribution in [0.4, 0.5) is 18.0 Å². The molecule has 0 radical (unpaired) electrons. The molecule has 1 N–H and O–H groups in total. The van der Waals surface area contributed by atoms with Crippen LogP contribution in [0, 0.1) is 6.92 Å². The zero-order valence-electron chi connectivity index (χ0n) is 23.5. The van der Waals surface area contributed by atoms with E-state index in [0.717, 1.165) is 38.4 Å². The number of sulfonamides is 1. The lowest BCUT2D eigenvalue weighted by atomic mass is 10.1. The summed E-state index contributed by atoms with van der Waals surface area (Å²) in [6.45, 7) is 4.91. The summed E-state index contributed by atoms with van der Waals surface area (Å²) >= 11 is 0. The van der Waals surface area contributed by atoms with Crippen molar-refractivity contribution in [3.8, 4) is 16.9 Å². The number of aryl methyl sites for hydroxylation is 1. The van der Waals surface area contributed by atoms with Crippen molar-refractivity contribution in [2.24, 2.45) is 0 Å². The first-order valence-corrected chi connectivity index (χ1v) is 14.6. The van der Waals surface area contributed by atoms with Crippen molar-refractivity contribution in [2.45, 2.75) is 50.4 Å². The van der Waals surface area contributed by atoms with Crippen molar-refractivity contribution < 1.29 is 50.1 Å². The van der Waals surface area contributed by atoms with Crippen LogP contribution >= 0.6 is 0 Å². The normalized spacial score (nSPS) is 15.2. The smallest absolute Gasteiger partial charge is 0.431 e. The summed E-state index contributed by atoms with van der Waals surface area (Å²) in [5.74, 6) is -0.851. The number of aromatic nitrogens is 4. The third kappa shape index (κ3) is 6.69. The second-order valence-corrected chi connectivity index (χ2v) is 11.7. The maximum absolute atomic E-state index is 13.5. The number of amides is 1. The quantitative estimate of drug-likeness (QED) is 0.202. The lowest BCUT2D eigenvalue weighted by molar-refractivity contribution is -0.141. The molecule has 44 heavy (non-hydrogen) atoms. The van der Waals surface area contributed by atoms with Gasteiger partial charge < -0.3 is 14.3 Å². The summed E-state index contributed by atoms with van der Waals surface area (Å²) in [5, 5.41) is 5.90. The van der Waals surface area contributed by atoms with E-state index in [9.17, 15) is 31.2 Å². The molecule has 1 unspecified atom stereocenters. The van der Waals surface area contributed by atoms with Gasteiger partial charge in [-0.15, -0.1) is 0 Å². The lowest BCUT2D eigenvalue weighted by Crippen LogP contribution is -2.61. The van der Waals surface area contributed by atoms with Crippen LogP contribution in [0.5, 0.6) is 0 Å². The van der Waals surface area contributed by atoms with Crippen molar-refractivity contribution in [3.63, 3.8) is 0 Å². The lowest BCUT2D eigenvalue weighted by Gasteiger charge is -2.35. The fraction of sp³-hybridized carbons (Fsp3) is 0.346. The van der Waals surface area contributed by atoms with E-state index in [2.05, 4.69) is 5.10 Å². The van der Waals surface area contributed by atoms with Crippen molar-refractivity contribution >= 4 is 22.1 Å². The van der Waals surface area contributed by atoms with Gasteiger partial charge in [0.25, 0.3) is 22.7 Å². The Morgan fingerprint density at radius 2 is 1.80 bits per heavy atom. The number of alkyl halides is 3. The minimum absolute atomic E-state index is 0.156. The number of nitrogens with zero attached hydrogens (tertiary/aromatic N) is 5. The van der Waals surface area contributed by atoms with Crippen molar-refractivity contribution in [3.05, 3.63) is 65.9 Å². The van der Waals surface area contributed by atoms with Gasteiger partial charge in [0.15, 0.2) is 5.69 Å². The third-order valence-corrected chi connectivity index (χ3v) is 7.78. The summed E-state index contributed by atoms with van der Waals surface area (Å²) in [4.78, 5) is 30.0. The molecule has 2 aromatic heterocycles. The molecular weight excluding hydrogens is 613 g/mol. The number of halogens is 3. The average Bonchev–Trinajstić information content (AvgIpc) is 3.49. The Balaban J connectivity index is 1.24. The van der Waals surface area contributed by atoms with Gasteiger partial charge in [0, 0.05) is 12.1 Å². The topological polar surface area (TPSA) is 152 Å². The number of carbonyl (C=O) groups is 2. The fourth-order valence-electron chi connectivity index (χ4n) is 4.12. The molecule has 1 amide bonds. The van der Waals surface area contributed by atoms with Crippen LogP contribution in [0.3, 0.4) is 0 Å². The van der Waals surface area contributed by atoms with Gasteiger partial charge >= 0.3 is 12.3 Å². The molecule has 0 saturated carbocycles. The first-order valence-electron chi connectivity index (χ1n) is 13.2. The molecule has 1 atom stereocenters. The van der Waals surface area contributed by atoms with Crippen LogP contribution in [-0.2, 0) is 30.5 Å². The second-order valence-electron chi connectivity index (χ2n) is 10.0. The first kappa shape index (κ1) is 30.6. The number of hydrogen-bond donors (Lipinski definition) is 1. The predicted octanol–water partition coefficient (Wildman–Crippen LogP) is 3.23. The third-order valence-electron chi connectivity index (χ3n) is 6.42. The van der Waals surface area contributed by atoms with Crippen molar-refractivity contribution in [1.29, 1.82) is 0 Å². The molecule has 2 aromatic carbocycles. The molecule has 14 nitrogen and oxygen atoms in total. The molecule has 1 fully saturated rings. The Morgan fingerprint density at radius 3 is 2.39 bits per heavy atom. The van der Waals surface area contributed by atoms with Crippen molar-refractivity contribution in [2.75, 3.05) is 18.3 Å². The zero-order chi connectivity index (χ0) is 31.8. The fourth-order valence-corrected chi connectivity index (χ4v) is 5.14. The Hall–Kier alpha value is -4.87. The number of ether oxygens (including phenoxy) is 2. The van der Waals surface area contributed by atoms with Gasteiger partial charge in [0.1, 0.15) is 11.1 Å². The molecule has 18 heteroatoms. The monoisotopic (exact) mass is 640 g/mol. The van der Waals surface area contributed by atoms with Crippen LogP contribution in [0.25, 0.3) is 16.9 Å². The van der Waals surface area contributed by atoms with E-state index in [1.807, 2.05) is 11.6 Å². The number of carbonyl (C=O) groups excluding carboxylic acids is 2. The summed E-state index contributed by atoms with van der Waals surface area (Å²) in [6, 6.07) is 11.7. The minimum Gasteiger partial charge on any atom is -0.431 e. The minimum atomic E-state index is -4.70. The Labute approximate surface area is 248 Å². The van der Waals surface area contributed by atoms with Gasteiger partial charge in [-0.05, 0) is 57.5 Å². The highest BCUT2D eigenvalue weighted by Gasteiger charge is 2.42.